The fraction of sp³-hybridized carbons (Fsp3) is 0.143. The van der Waals surface area contributed by atoms with E-state index in [1.807, 2.05) is 0 Å². The van der Waals surface area contributed by atoms with Crippen LogP contribution in [0.5, 0.6) is 0 Å². The van der Waals surface area contributed by atoms with Gasteiger partial charge in [0.25, 0.3) is 5.91 Å². The third-order valence-corrected chi connectivity index (χ3v) is 3.85. The summed E-state index contributed by atoms with van der Waals surface area (Å²) in [6, 6.07) is 5.93. The lowest BCUT2D eigenvalue weighted by Crippen LogP contribution is -2.23. The maximum absolute atomic E-state index is 12.0. The molecule has 8 heteroatoms. The molecule has 0 atom stereocenters. The lowest BCUT2D eigenvalue weighted by molar-refractivity contribution is -0.135. The molecule has 0 spiro atoms. The van der Waals surface area contributed by atoms with Gasteiger partial charge in [0.15, 0.2) is 5.17 Å². The number of benzene rings is 1. The van der Waals surface area contributed by atoms with Gasteiger partial charge < -0.3 is 9.84 Å². The van der Waals surface area contributed by atoms with E-state index in [2.05, 4.69) is 9.73 Å². The topological polar surface area (TPSA) is 96.3 Å². The summed E-state index contributed by atoms with van der Waals surface area (Å²) < 4.78 is 4.49. The minimum Gasteiger partial charge on any atom is -0.478 e. The van der Waals surface area contributed by atoms with Crippen molar-refractivity contribution < 1.29 is 24.2 Å². The van der Waals surface area contributed by atoms with Crippen molar-refractivity contribution in [3.63, 3.8) is 0 Å². The molecule has 0 aromatic heterocycles. The number of hydrogen-bond donors (Lipinski definition) is 1. The number of carboxylic acid groups (broad SMARTS) is 1. The molecule has 0 unspecified atom stereocenters. The highest BCUT2D eigenvalue weighted by Crippen LogP contribution is 2.31. The van der Waals surface area contributed by atoms with Crippen molar-refractivity contribution in [1.82, 2.24) is 4.90 Å². The predicted molar refractivity (Wildman–Crippen MR) is 81.0 cm³/mol. The molecule has 1 fully saturated rings. The van der Waals surface area contributed by atoms with Crippen LogP contribution < -0.4 is 0 Å². The number of aliphatic imine (C=N–C) groups is 1. The Morgan fingerprint density at radius 2 is 1.95 bits per heavy atom. The van der Waals surface area contributed by atoms with Crippen molar-refractivity contribution in [3.05, 3.63) is 40.8 Å². The number of aromatic carboxylic acids is 1. The van der Waals surface area contributed by atoms with Gasteiger partial charge in [-0.3, -0.25) is 9.69 Å². The van der Waals surface area contributed by atoms with Crippen LogP contribution in [0.2, 0.25) is 0 Å². The largest absolute Gasteiger partial charge is 0.478 e. The van der Waals surface area contributed by atoms with Gasteiger partial charge in [-0.15, -0.1) is 0 Å². The molecule has 2 rings (SSSR count). The first-order valence-corrected chi connectivity index (χ1v) is 6.91. The average molecular weight is 320 g/mol. The molecule has 1 amide bonds. The lowest BCUT2D eigenvalue weighted by atomic mass is 10.2. The molecule has 0 aliphatic carbocycles. The van der Waals surface area contributed by atoms with Crippen LogP contribution in [0.25, 0.3) is 0 Å². The van der Waals surface area contributed by atoms with Gasteiger partial charge in [0.05, 0.1) is 23.3 Å². The summed E-state index contributed by atoms with van der Waals surface area (Å²) in [6.45, 7) is 0. The molecule has 114 valence electrons. The van der Waals surface area contributed by atoms with E-state index in [0.717, 1.165) is 17.8 Å². The molecule has 1 aromatic rings. The second kappa shape index (κ2) is 6.44. The number of nitrogens with zero attached hydrogens (tertiary/aromatic N) is 2. The quantitative estimate of drug-likeness (QED) is 0.672. The number of carboxylic acids is 1. The van der Waals surface area contributed by atoms with Crippen LogP contribution in [0.15, 0.2) is 40.2 Å². The zero-order valence-corrected chi connectivity index (χ0v) is 12.6. The second-order valence-corrected chi connectivity index (χ2v) is 5.25. The van der Waals surface area contributed by atoms with E-state index in [1.165, 1.54) is 43.3 Å². The standard InChI is InChI=1S/C14H12N2O5S/c1-16-12(18)10(7-11(17)21-2)22-14(16)15-9-5-3-8(4-6-9)13(19)20/h3-7H,1-2H3,(H,19,20)/b10-7+,15-14?. The Bertz CT molecular complexity index is 694. The van der Waals surface area contributed by atoms with Crippen LogP contribution in [-0.2, 0) is 14.3 Å². The van der Waals surface area contributed by atoms with E-state index in [1.54, 1.807) is 0 Å². The van der Waals surface area contributed by atoms with Crippen LogP contribution in [0.3, 0.4) is 0 Å². The summed E-state index contributed by atoms with van der Waals surface area (Å²) in [5.74, 6) is -1.99. The van der Waals surface area contributed by atoms with E-state index in [9.17, 15) is 14.4 Å². The predicted octanol–water partition coefficient (Wildman–Crippen LogP) is 1.63. The zero-order chi connectivity index (χ0) is 16.3. The Morgan fingerprint density at radius 1 is 1.32 bits per heavy atom. The molecule has 22 heavy (non-hydrogen) atoms. The smallest absolute Gasteiger partial charge is 0.335 e. The van der Waals surface area contributed by atoms with Gasteiger partial charge in [-0.05, 0) is 36.0 Å². The van der Waals surface area contributed by atoms with Gasteiger partial charge in [-0.1, -0.05) is 0 Å². The summed E-state index contributed by atoms with van der Waals surface area (Å²) in [7, 11) is 2.77. The highest BCUT2D eigenvalue weighted by atomic mass is 32.2. The first-order valence-electron chi connectivity index (χ1n) is 6.10. The molecule has 0 bridgehead atoms. The molecular weight excluding hydrogens is 308 g/mol. The monoisotopic (exact) mass is 320 g/mol. The fourth-order valence-electron chi connectivity index (χ4n) is 1.61. The normalized spacial score (nSPS) is 18.1. The van der Waals surface area contributed by atoms with E-state index >= 15 is 0 Å². The van der Waals surface area contributed by atoms with Crippen LogP contribution in [0, 0.1) is 0 Å². The Kier molecular flexibility index (Phi) is 4.62. The number of rotatable bonds is 3. The van der Waals surface area contributed by atoms with Crippen molar-refractivity contribution >= 4 is 40.5 Å². The van der Waals surface area contributed by atoms with Crippen LogP contribution >= 0.6 is 11.8 Å². The molecule has 0 saturated carbocycles. The number of esters is 1. The molecule has 1 aliphatic heterocycles. The number of carbonyl (C=O) groups is 3. The number of likely N-dealkylation sites (N-methyl/N-ethyl adjacent to an activating group) is 1. The summed E-state index contributed by atoms with van der Waals surface area (Å²) in [5.41, 5.74) is 0.658. The summed E-state index contributed by atoms with van der Waals surface area (Å²) in [5, 5.41) is 9.23. The van der Waals surface area contributed by atoms with Gasteiger partial charge in [0.1, 0.15) is 0 Å². The van der Waals surface area contributed by atoms with Gasteiger partial charge in [0, 0.05) is 13.1 Å². The van der Waals surface area contributed by atoms with Crippen molar-refractivity contribution in [2.75, 3.05) is 14.2 Å². The Hall–Kier alpha value is -2.61. The number of methoxy groups -OCH3 is 1. The molecule has 1 aliphatic rings. The average Bonchev–Trinajstić information content (AvgIpc) is 2.76. The number of amides is 1. The van der Waals surface area contributed by atoms with Gasteiger partial charge in [-0.25, -0.2) is 14.6 Å². The lowest BCUT2D eigenvalue weighted by Gasteiger charge is -2.07. The summed E-state index contributed by atoms with van der Waals surface area (Å²) in [4.78, 5) is 39.8. The summed E-state index contributed by atoms with van der Waals surface area (Å²) in [6.07, 6.45) is 1.11. The third-order valence-electron chi connectivity index (χ3n) is 2.79. The minimum atomic E-state index is -1.02. The SMILES string of the molecule is COC(=O)/C=C1/SC(=Nc2ccc(C(=O)O)cc2)N(C)C1=O. The number of amidine groups is 1. The van der Waals surface area contributed by atoms with E-state index in [4.69, 9.17) is 5.11 Å². The van der Waals surface area contributed by atoms with E-state index < -0.39 is 11.9 Å². The van der Waals surface area contributed by atoms with E-state index in [-0.39, 0.29) is 16.4 Å². The number of ether oxygens (including phenoxy) is 1. The fourth-order valence-corrected chi connectivity index (χ4v) is 2.55. The molecule has 1 heterocycles. The maximum Gasteiger partial charge on any atom is 0.335 e. The van der Waals surface area contributed by atoms with E-state index in [0.29, 0.717) is 10.9 Å². The minimum absolute atomic E-state index is 0.152. The van der Waals surface area contributed by atoms with Crippen LogP contribution in [0.4, 0.5) is 5.69 Å². The molecular formula is C14H12N2O5S. The van der Waals surface area contributed by atoms with Gasteiger partial charge in [0.2, 0.25) is 0 Å². The van der Waals surface area contributed by atoms with Gasteiger partial charge >= 0.3 is 11.9 Å². The number of carbonyl (C=O) groups excluding carboxylic acids is 2. The molecule has 0 radical (unpaired) electrons. The highest BCUT2D eigenvalue weighted by Gasteiger charge is 2.31. The first kappa shape index (κ1) is 15.8. The number of hydrogen-bond acceptors (Lipinski definition) is 6. The second-order valence-electron chi connectivity index (χ2n) is 4.24. The Balaban J connectivity index is 2.25. The first-order chi connectivity index (χ1) is 10.4. The third kappa shape index (κ3) is 3.34. The van der Waals surface area contributed by atoms with Crippen molar-refractivity contribution in [3.8, 4) is 0 Å². The van der Waals surface area contributed by atoms with Crippen LogP contribution in [-0.4, -0.2) is 47.2 Å². The molecule has 7 nitrogen and oxygen atoms in total. The van der Waals surface area contributed by atoms with Crippen LogP contribution in [0.1, 0.15) is 10.4 Å². The van der Waals surface area contributed by atoms with Gasteiger partial charge in [-0.2, -0.15) is 0 Å². The van der Waals surface area contributed by atoms with Crippen molar-refractivity contribution in [2.24, 2.45) is 4.99 Å². The molecule has 1 saturated heterocycles. The summed E-state index contributed by atoms with van der Waals surface area (Å²) >= 11 is 1.05. The number of thioether (sulfide) groups is 1. The highest BCUT2D eigenvalue weighted by molar-refractivity contribution is 8.18. The zero-order valence-electron chi connectivity index (χ0n) is 11.8. The van der Waals surface area contributed by atoms with Crippen molar-refractivity contribution in [2.45, 2.75) is 0 Å². The molecule has 1 aromatic carbocycles. The molecule has 1 N–H and O–H groups in total. The van der Waals surface area contributed by atoms with Crippen molar-refractivity contribution in [1.29, 1.82) is 0 Å². The Labute approximate surface area is 130 Å². The Morgan fingerprint density at radius 3 is 2.50 bits per heavy atom. The maximum atomic E-state index is 12.0.